The van der Waals surface area contributed by atoms with E-state index in [2.05, 4.69) is 0 Å². The summed E-state index contributed by atoms with van der Waals surface area (Å²) in [6.45, 7) is 21.4. The summed E-state index contributed by atoms with van der Waals surface area (Å²) >= 11 is 0. The van der Waals surface area contributed by atoms with Crippen molar-refractivity contribution in [3.05, 3.63) is 0 Å². The molecule has 0 saturated heterocycles. The Morgan fingerprint density at radius 1 is 0.452 bits per heavy atom. The van der Waals surface area contributed by atoms with Gasteiger partial charge in [0.15, 0.2) is 11.2 Å². The van der Waals surface area contributed by atoms with Gasteiger partial charge in [0.1, 0.15) is 22.4 Å². The van der Waals surface area contributed by atoms with Crippen LogP contribution < -0.4 is 0 Å². The molecule has 0 amide bonds. The highest BCUT2D eigenvalue weighted by molar-refractivity contribution is 5.82. The fourth-order valence-corrected chi connectivity index (χ4v) is 4.95. The van der Waals surface area contributed by atoms with Gasteiger partial charge < -0.3 is 18.9 Å². The molecule has 0 aliphatic heterocycles. The van der Waals surface area contributed by atoms with E-state index >= 15 is 0 Å². The summed E-state index contributed by atoms with van der Waals surface area (Å²) in [6, 6.07) is 0. The fraction of sp³-hybridized carbons (Fsp3) is 0.875. The number of esters is 4. The fourth-order valence-electron chi connectivity index (χ4n) is 4.95. The third kappa shape index (κ3) is 10.8. The summed E-state index contributed by atoms with van der Waals surface area (Å²) in [6.07, 6.45) is 1.81. The van der Waals surface area contributed by atoms with Crippen LogP contribution in [0.3, 0.4) is 0 Å². The summed E-state index contributed by atoms with van der Waals surface area (Å²) in [4.78, 5) is 64.7. The Bertz CT molecular complexity index is 891. The number of rotatable bonds is 7. The Balaban J connectivity index is 2.30. The van der Waals surface area contributed by atoms with Crippen LogP contribution in [-0.2, 0) is 47.9 Å². The number of ether oxygens (including phenoxy) is 4. The molecule has 0 radical (unpaired) electrons. The zero-order chi connectivity index (χ0) is 32.4. The van der Waals surface area contributed by atoms with Gasteiger partial charge in [0.25, 0.3) is 0 Å². The predicted octanol–water partition coefficient (Wildman–Crippen LogP) is 6.16. The predicted molar refractivity (Wildman–Crippen MR) is 155 cm³/mol. The van der Waals surface area contributed by atoms with E-state index in [1.54, 1.807) is 41.5 Å². The van der Waals surface area contributed by atoms with Crippen LogP contribution in [0.15, 0.2) is 0 Å². The molecule has 0 aromatic heterocycles. The monoisotopic (exact) mass is 598 g/mol. The van der Waals surface area contributed by atoms with Crippen molar-refractivity contribution in [3.63, 3.8) is 0 Å². The molecule has 0 N–H and O–H groups in total. The van der Waals surface area contributed by atoms with Crippen molar-refractivity contribution < 1.29 is 47.9 Å². The summed E-state index contributed by atoms with van der Waals surface area (Å²) in [5.74, 6) is -2.72. The molecule has 0 spiro atoms. The smallest absolute Gasteiger partial charge is 0.342 e. The molecular formula is C32H54O10. The van der Waals surface area contributed by atoms with Crippen molar-refractivity contribution in [2.24, 2.45) is 11.8 Å². The van der Waals surface area contributed by atoms with Gasteiger partial charge >= 0.3 is 23.9 Å². The van der Waals surface area contributed by atoms with Gasteiger partial charge in [-0.2, -0.15) is 0 Å². The lowest BCUT2D eigenvalue weighted by Gasteiger charge is -2.42. The van der Waals surface area contributed by atoms with Crippen LogP contribution in [0, 0.1) is 11.8 Å². The van der Waals surface area contributed by atoms with Crippen molar-refractivity contribution >= 4 is 23.9 Å². The maximum absolute atomic E-state index is 13.6. The highest BCUT2D eigenvalue weighted by Gasteiger charge is 2.54. The molecule has 2 saturated carbocycles. The Kier molecular flexibility index (Phi) is 11.0. The van der Waals surface area contributed by atoms with E-state index in [4.69, 9.17) is 28.7 Å². The maximum Gasteiger partial charge on any atom is 0.342 e. The van der Waals surface area contributed by atoms with Gasteiger partial charge in [-0.1, -0.05) is 0 Å². The lowest BCUT2D eigenvalue weighted by Crippen LogP contribution is -2.54. The van der Waals surface area contributed by atoms with Gasteiger partial charge in [-0.15, -0.1) is 0 Å². The minimum atomic E-state index is -1.54. The first kappa shape index (κ1) is 36.0. The first-order chi connectivity index (χ1) is 18.9. The zero-order valence-electron chi connectivity index (χ0n) is 27.9. The van der Waals surface area contributed by atoms with Crippen LogP contribution in [0.5, 0.6) is 0 Å². The maximum atomic E-state index is 13.6. The highest BCUT2D eigenvalue weighted by Crippen LogP contribution is 2.43. The molecule has 0 heterocycles. The Labute approximate surface area is 251 Å². The molecule has 0 aromatic rings. The Morgan fingerprint density at radius 3 is 0.905 bits per heavy atom. The second-order valence-electron chi connectivity index (χ2n) is 15.8. The van der Waals surface area contributed by atoms with Crippen LogP contribution in [0.25, 0.3) is 0 Å². The molecule has 0 bridgehead atoms. The van der Waals surface area contributed by atoms with E-state index in [1.165, 1.54) is 0 Å². The van der Waals surface area contributed by atoms with Gasteiger partial charge in [0.2, 0.25) is 0 Å². The minimum absolute atomic E-state index is 0.136. The van der Waals surface area contributed by atoms with Crippen LogP contribution in [0.4, 0.5) is 0 Å². The third-order valence-electron chi connectivity index (χ3n) is 6.97. The standard InChI is InChI=1S/C32H54O10/c1-27(2,3)37-23(33)21-13-17-31(18-14-21,25(35)39-29(7,8)9)41-42-32(26(36)40-30(10,11)12)19-15-22(16-20-32)24(34)38-28(4,5)6/h21-22H,13-20H2,1-12H3. The van der Waals surface area contributed by atoms with Gasteiger partial charge in [-0.25, -0.2) is 19.4 Å². The van der Waals surface area contributed by atoms with Gasteiger partial charge in [0.05, 0.1) is 11.8 Å². The molecule has 10 nitrogen and oxygen atoms in total. The van der Waals surface area contributed by atoms with E-state index in [9.17, 15) is 19.2 Å². The lowest BCUT2D eigenvalue weighted by molar-refractivity contribution is -0.411. The highest BCUT2D eigenvalue weighted by atomic mass is 17.2. The lowest BCUT2D eigenvalue weighted by atomic mass is 9.78. The number of carbonyl (C=O) groups is 4. The third-order valence-corrected chi connectivity index (χ3v) is 6.97. The van der Waals surface area contributed by atoms with Crippen LogP contribution in [0.2, 0.25) is 0 Å². The largest absolute Gasteiger partial charge is 0.460 e. The molecule has 2 fully saturated rings. The minimum Gasteiger partial charge on any atom is -0.460 e. The van der Waals surface area contributed by atoms with Crippen molar-refractivity contribution in [1.82, 2.24) is 0 Å². The van der Waals surface area contributed by atoms with Crippen LogP contribution in [0.1, 0.15) is 134 Å². The van der Waals surface area contributed by atoms with Gasteiger partial charge in [-0.3, -0.25) is 9.59 Å². The molecule has 242 valence electrons. The second-order valence-corrected chi connectivity index (χ2v) is 15.8. The summed E-state index contributed by atoms with van der Waals surface area (Å²) < 4.78 is 22.6. The average molecular weight is 599 g/mol. The number of carbonyl (C=O) groups excluding carboxylic acids is 4. The van der Waals surface area contributed by atoms with Gasteiger partial charge in [-0.05, 0) is 134 Å². The van der Waals surface area contributed by atoms with Crippen molar-refractivity contribution in [3.8, 4) is 0 Å². The second kappa shape index (κ2) is 12.8. The molecule has 42 heavy (non-hydrogen) atoms. The van der Waals surface area contributed by atoms with E-state index in [1.807, 2.05) is 41.5 Å². The number of hydrogen-bond donors (Lipinski definition) is 0. The summed E-state index contributed by atoms with van der Waals surface area (Å²) in [7, 11) is 0. The zero-order valence-corrected chi connectivity index (χ0v) is 27.9. The molecule has 0 aromatic carbocycles. The molecular weight excluding hydrogens is 544 g/mol. The molecule has 2 aliphatic rings. The molecule has 2 rings (SSSR count). The van der Waals surface area contributed by atoms with E-state index < -0.39 is 57.4 Å². The van der Waals surface area contributed by atoms with Crippen LogP contribution in [-0.4, -0.2) is 57.5 Å². The molecule has 10 heteroatoms. The summed E-state index contributed by atoms with van der Waals surface area (Å²) in [5.41, 5.74) is -5.94. The molecule has 2 aliphatic carbocycles. The molecule has 0 atom stereocenters. The van der Waals surface area contributed by atoms with Crippen molar-refractivity contribution in [2.75, 3.05) is 0 Å². The summed E-state index contributed by atoms with van der Waals surface area (Å²) in [5, 5.41) is 0. The van der Waals surface area contributed by atoms with Crippen molar-refractivity contribution in [1.29, 1.82) is 0 Å². The van der Waals surface area contributed by atoms with E-state index in [0.717, 1.165) is 0 Å². The SMILES string of the molecule is CC(C)(C)OC(=O)C1CCC(OOC2(C(=O)OC(C)(C)C)CCC(C(=O)OC(C)(C)C)CC2)(C(=O)OC(C)(C)C)CC1. The van der Waals surface area contributed by atoms with Gasteiger partial charge in [0, 0.05) is 0 Å². The first-order valence-electron chi connectivity index (χ1n) is 15.1. The van der Waals surface area contributed by atoms with E-state index in [0.29, 0.717) is 25.7 Å². The number of hydrogen-bond acceptors (Lipinski definition) is 10. The topological polar surface area (TPSA) is 124 Å². The van der Waals surface area contributed by atoms with E-state index in [-0.39, 0.29) is 37.6 Å². The quantitative estimate of drug-likeness (QED) is 0.146. The average Bonchev–Trinajstić information content (AvgIpc) is 2.79. The molecule has 0 unspecified atom stereocenters. The van der Waals surface area contributed by atoms with Crippen LogP contribution >= 0.6 is 0 Å². The Morgan fingerprint density at radius 2 is 0.690 bits per heavy atom. The first-order valence-corrected chi connectivity index (χ1v) is 15.1. The van der Waals surface area contributed by atoms with Crippen molar-refractivity contribution in [2.45, 2.75) is 168 Å². The normalized spacial score (nSPS) is 27.5. The Hall–Kier alpha value is -2.20.